The van der Waals surface area contributed by atoms with Crippen molar-refractivity contribution in [3.05, 3.63) is 52.5 Å². The number of allylic oxidation sites excluding steroid dienone is 2. The number of rotatable bonds is 25. The van der Waals surface area contributed by atoms with Gasteiger partial charge in [0.1, 0.15) is 17.5 Å². The number of aromatic hydroxyl groups is 2. The van der Waals surface area contributed by atoms with E-state index in [-0.39, 0.29) is 31.5 Å². The molecule has 0 aromatic carbocycles. The van der Waals surface area contributed by atoms with E-state index >= 15 is 8.63 Å². The van der Waals surface area contributed by atoms with Crippen LogP contribution in [0.5, 0.6) is 11.8 Å². The lowest BCUT2D eigenvalue weighted by atomic mass is 9.88. The van der Waals surface area contributed by atoms with Crippen LogP contribution in [0.1, 0.15) is 95.0 Å². The molecule has 22 heteroatoms. The summed E-state index contributed by atoms with van der Waals surface area (Å²) in [6.07, 6.45) is 8.69. The SMILES string of the molecule is CCCC1=CC(CCC(=O)NC(=O)NC(CS(=O)(=O)O)C(=O)NCCN(C)CCCCCC(=O)On2c(O)ccc2O)=[N+]2C1=Cc1c(CCC)cc(CCC[N+](C)(C)C)n1[B-]2(F)F. The maximum absolute atomic E-state index is 16.9. The van der Waals surface area contributed by atoms with E-state index in [0.717, 1.165) is 28.6 Å². The molecule has 0 aliphatic carbocycles. The first-order valence-corrected chi connectivity index (χ1v) is 23.1. The second kappa shape index (κ2) is 22.0. The summed E-state index contributed by atoms with van der Waals surface area (Å²) in [4.78, 5) is 57.7. The molecule has 0 saturated heterocycles. The Morgan fingerprint density at radius 1 is 0.937 bits per heavy atom. The van der Waals surface area contributed by atoms with Crippen LogP contribution in [0, 0.1) is 0 Å². The first-order valence-electron chi connectivity index (χ1n) is 21.5. The fourth-order valence-corrected chi connectivity index (χ4v) is 8.42. The second-order valence-electron chi connectivity index (χ2n) is 17.2. The summed E-state index contributed by atoms with van der Waals surface area (Å²) >= 11 is 0. The highest BCUT2D eigenvalue weighted by Crippen LogP contribution is 2.39. The number of aromatic nitrogens is 2. The predicted molar refractivity (Wildman–Crippen MR) is 234 cm³/mol. The van der Waals surface area contributed by atoms with Gasteiger partial charge < -0.3 is 52.7 Å². The minimum atomic E-state index is -4.77. The highest BCUT2D eigenvalue weighted by molar-refractivity contribution is 7.85. The first-order chi connectivity index (χ1) is 29.5. The number of fused-ring (bicyclic) bond motifs is 2. The van der Waals surface area contributed by atoms with Gasteiger partial charge in [0.15, 0.2) is 5.70 Å². The molecule has 0 spiro atoms. The van der Waals surface area contributed by atoms with E-state index in [0.29, 0.717) is 90.8 Å². The van der Waals surface area contributed by atoms with Crippen LogP contribution in [0.4, 0.5) is 13.4 Å². The third-order valence-electron chi connectivity index (χ3n) is 10.7. The molecule has 4 rings (SSSR count). The van der Waals surface area contributed by atoms with Gasteiger partial charge in [0.05, 0.1) is 27.7 Å². The van der Waals surface area contributed by atoms with Crippen LogP contribution in [0.15, 0.2) is 35.5 Å². The van der Waals surface area contributed by atoms with Crippen LogP contribution in [0.3, 0.4) is 0 Å². The summed E-state index contributed by atoms with van der Waals surface area (Å²) in [6.45, 7) is 1.33. The van der Waals surface area contributed by atoms with Crippen LogP contribution in [-0.2, 0) is 37.3 Å². The molecule has 6 N–H and O–H groups in total. The van der Waals surface area contributed by atoms with Gasteiger partial charge >= 0.3 is 19.0 Å². The lowest BCUT2D eigenvalue weighted by molar-refractivity contribution is -0.870. The number of hydrogen-bond donors (Lipinski definition) is 6. The minimum absolute atomic E-state index is 0.0308. The number of imide groups is 1. The number of halogens is 2. The molecule has 0 saturated carbocycles. The van der Waals surface area contributed by atoms with Crippen molar-refractivity contribution in [1.82, 2.24) is 30.1 Å². The molecule has 1 unspecified atom stereocenters. The zero-order valence-electron chi connectivity index (χ0n) is 37.2. The molecule has 350 valence electrons. The van der Waals surface area contributed by atoms with Crippen LogP contribution < -0.4 is 20.8 Å². The van der Waals surface area contributed by atoms with E-state index in [1.54, 1.807) is 13.1 Å². The van der Waals surface area contributed by atoms with Crippen molar-refractivity contribution in [3.63, 3.8) is 0 Å². The standard InChI is InChI=1S/C41H63BF2N8O10S/c1-7-13-29-25-31(15-12-24-52(4,5)6)49-34(29)27-35-30(14-8-2)26-32(50(35)42(49,43)44)17-18-36(53)47-41(58)46-33(28-63(59,60)61)40(57)45-21-23-48(3)22-11-9-10-16-39(56)62-51-37(54)19-20-38(51)55/h19-20,25-27,33H,7-18,21-24,28H2,1-6H3,(H5-,45,46,47,53,54,55,57,58,59,60,61)/p+1. The molecule has 2 aliphatic rings. The highest BCUT2D eigenvalue weighted by atomic mass is 32.2. The van der Waals surface area contributed by atoms with Crippen molar-refractivity contribution in [1.29, 1.82) is 0 Å². The Kier molecular flexibility index (Phi) is 17.7. The molecule has 1 atom stereocenters. The third kappa shape index (κ3) is 14.5. The molecule has 0 fully saturated rings. The van der Waals surface area contributed by atoms with E-state index in [4.69, 9.17) is 4.84 Å². The summed E-state index contributed by atoms with van der Waals surface area (Å²) in [7, 11) is 3.17. The molecule has 2 aromatic rings. The van der Waals surface area contributed by atoms with Crippen LogP contribution in [0.25, 0.3) is 6.08 Å². The van der Waals surface area contributed by atoms with Gasteiger partial charge in [-0.3, -0.25) is 19.5 Å². The second-order valence-corrected chi connectivity index (χ2v) is 18.7. The fraction of sp³-hybridized carbons (Fsp3) is 0.585. The van der Waals surface area contributed by atoms with Crippen molar-refractivity contribution in [2.75, 3.05) is 60.1 Å². The molecule has 63 heavy (non-hydrogen) atoms. The Balaban J connectivity index is 1.31. The number of unbranched alkanes of at least 4 members (excludes halogenated alkanes) is 2. The van der Waals surface area contributed by atoms with Gasteiger partial charge in [-0.25, -0.2) is 9.59 Å². The van der Waals surface area contributed by atoms with E-state index in [1.165, 1.54) is 16.6 Å². The molecular weight excluding hydrogens is 845 g/mol. The number of aryl methyl sites for hydroxylation is 2. The molecular formula is C41H64BF2N8O10S+. The number of nitrogens with one attached hydrogen (secondary N) is 3. The molecule has 2 aromatic heterocycles. The number of hydrogen-bond acceptors (Lipinski definition) is 10. The Morgan fingerprint density at radius 2 is 1.62 bits per heavy atom. The Hall–Kier alpha value is -5.06. The van der Waals surface area contributed by atoms with Crippen LogP contribution in [-0.4, -0.2) is 149 Å². The van der Waals surface area contributed by atoms with E-state index in [1.807, 2.05) is 36.2 Å². The van der Waals surface area contributed by atoms with Crippen molar-refractivity contribution < 1.29 is 64.8 Å². The van der Waals surface area contributed by atoms with Gasteiger partial charge in [-0.15, -0.1) is 4.73 Å². The Labute approximate surface area is 368 Å². The van der Waals surface area contributed by atoms with E-state index in [2.05, 4.69) is 31.8 Å². The highest BCUT2D eigenvalue weighted by Gasteiger charge is 2.54. The van der Waals surface area contributed by atoms with E-state index < -0.39 is 64.5 Å². The van der Waals surface area contributed by atoms with Gasteiger partial charge in [0.25, 0.3) is 10.1 Å². The lowest BCUT2D eigenvalue weighted by Crippen LogP contribution is -2.54. The van der Waals surface area contributed by atoms with E-state index in [9.17, 15) is 42.4 Å². The summed E-state index contributed by atoms with van der Waals surface area (Å²) in [5, 5.41) is 25.8. The zero-order valence-corrected chi connectivity index (χ0v) is 38.0. The number of quaternary nitrogens is 1. The normalized spacial score (nSPS) is 15.1. The largest absolute Gasteiger partial charge is 0.737 e. The average Bonchev–Trinajstić information content (AvgIpc) is 3.82. The molecule has 4 amide bonds. The monoisotopic (exact) mass is 909 g/mol. The fourth-order valence-electron chi connectivity index (χ4n) is 7.76. The van der Waals surface area contributed by atoms with Crippen LogP contribution >= 0.6 is 0 Å². The van der Waals surface area contributed by atoms with Gasteiger partial charge in [0.2, 0.25) is 23.6 Å². The van der Waals surface area contributed by atoms with Gasteiger partial charge in [0, 0.05) is 74.3 Å². The molecule has 2 aliphatic heterocycles. The first kappa shape index (κ1) is 50.6. The van der Waals surface area contributed by atoms with Crippen LogP contribution in [0.2, 0.25) is 0 Å². The maximum atomic E-state index is 16.9. The molecule has 18 nitrogen and oxygen atoms in total. The van der Waals surface area contributed by atoms with Crippen molar-refractivity contribution in [3.8, 4) is 11.8 Å². The van der Waals surface area contributed by atoms with Gasteiger partial charge in [-0.1, -0.05) is 33.1 Å². The Morgan fingerprint density at radius 3 is 2.25 bits per heavy atom. The lowest BCUT2D eigenvalue weighted by Gasteiger charge is -2.32. The third-order valence-corrected chi connectivity index (χ3v) is 11.5. The number of carbonyl (C=O) groups is 4. The number of nitrogens with zero attached hydrogens (tertiary/aromatic N) is 5. The summed E-state index contributed by atoms with van der Waals surface area (Å²) < 4.78 is 70.5. The van der Waals surface area contributed by atoms with Crippen molar-refractivity contribution in [2.45, 2.75) is 96.9 Å². The van der Waals surface area contributed by atoms with Gasteiger partial charge in [-0.2, -0.15) is 8.42 Å². The zero-order chi connectivity index (χ0) is 46.7. The summed E-state index contributed by atoms with van der Waals surface area (Å²) in [5.74, 6) is -4.45. The number of urea groups is 1. The topological polar surface area (TPSA) is 225 Å². The molecule has 0 radical (unpaired) electrons. The maximum Gasteiger partial charge on any atom is 0.737 e. The van der Waals surface area contributed by atoms with Gasteiger partial charge in [-0.05, 0) is 63.0 Å². The predicted octanol–water partition coefficient (Wildman–Crippen LogP) is 3.19. The number of carbonyl (C=O) groups excluding carboxylic acids is 4. The molecule has 0 bridgehead atoms. The number of amides is 4. The summed E-state index contributed by atoms with van der Waals surface area (Å²) in [6, 6.07) is 1.26. The van der Waals surface area contributed by atoms with Crippen molar-refractivity contribution in [2.24, 2.45) is 0 Å². The smallest absolute Gasteiger partial charge is 0.492 e. The Bertz CT molecular complexity index is 2180. The molecule has 4 heterocycles. The quantitative estimate of drug-likeness (QED) is 0.0368. The minimum Gasteiger partial charge on any atom is -0.492 e. The van der Waals surface area contributed by atoms with Crippen molar-refractivity contribution >= 4 is 52.7 Å². The summed E-state index contributed by atoms with van der Waals surface area (Å²) in [5.41, 5.74) is 3.29. The average molecular weight is 910 g/mol. The number of likely N-dealkylation sites (N-methyl/N-ethyl adjacent to an activating group) is 1.